The Labute approximate surface area is 124 Å². The van der Waals surface area contributed by atoms with E-state index in [2.05, 4.69) is 10.6 Å². The van der Waals surface area contributed by atoms with Gasteiger partial charge >= 0.3 is 11.8 Å². The molecular weight excluding hydrogens is 276 g/mol. The predicted molar refractivity (Wildman–Crippen MR) is 74.4 cm³/mol. The van der Waals surface area contributed by atoms with Gasteiger partial charge in [0.1, 0.15) is 6.10 Å². The maximum Gasteiger partial charge on any atom is 0.309 e. The van der Waals surface area contributed by atoms with E-state index in [-0.39, 0.29) is 25.8 Å². The third-order valence-electron chi connectivity index (χ3n) is 3.85. The molecular formula is C14H24N2O5. The topological polar surface area (TPSA) is 96.9 Å². The van der Waals surface area contributed by atoms with Crippen molar-refractivity contribution in [2.75, 3.05) is 26.3 Å². The molecule has 1 heterocycles. The summed E-state index contributed by atoms with van der Waals surface area (Å²) in [4.78, 5) is 23.0. The minimum Gasteiger partial charge on any atom is -0.396 e. The first-order chi connectivity index (χ1) is 10.2. The predicted octanol–water partition coefficient (Wildman–Crippen LogP) is -0.323. The summed E-state index contributed by atoms with van der Waals surface area (Å²) in [5.74, 6) is -1.83. The van der Waals surface area contributed by atoms with Crippen LogP contribution in [0.1, 0.15) is 38.5 Å². The van der Waals surface area contributed by atoms with E-state index in [1.807, 2.05) is 0 Å². The Morgan fingerprint density at radius 2 is 1.86 bits per heavy atom. The lowest BCUT2D eigenvalue weighted by Crippen LogP contribution is -2.44. The van der Waals surface area contributed by atoms with E-state index in [4.69, 9.17) is 14.6 Å². The average Bonchev–Trinajstić information content (AvgIpc) is 2.88. The zero-order valence-electron chi connectivity index (χ0n) is 12.2. The molecule has 2 aliphatic rings. The lowest BCUT2D eigenvalue weighted by atomic mass is 9.94. The normalized spacial score (nSPS) is 24.0. The Kier molecular flexibility index (Phi) is 5.96. The summed E-state index contributed by atoms with van der Waals surface area (Å²) in [5.41, 5.74) is 0. The molecule has 0 aromatic heterocycles. The van der Waals surface area contributed by atoms with Crippen molar-refractivity contribution >= 4 is 11.8 Å². The van der Waals surface area contributed by atoms with Gasteiger partial charge in [-0.15, -0.1) is 0 Å². The molecule has 1 atom stereocenters. The zero-order valence-corrected chi connectivity index (χ0v) is 12.2. The lowest BCUT2D eigenvalue weighted by Gasteiger charge is -2.31. The van der Waals surface area contributed by atoms with Crippen LogP contribution in [0.4, 0.5) is 0 Å². The maximum absolute atomic E-state index is 11.6. The van der Waals surface area contributed by atoms with Gasteiger partial charge in [0.2, 0.25) is 0 Å². The van der Waals surface area contributed by atoms with Gasteiger partial charge in [-0.25, -0.2) is 0 Å². The van der Waals surface area contributed by atoms with Crippen molar-refractivity contribution in [3.8, 4) is 0 Å². The van der Waals surface area contributed by atoms with Crippen LogP contribution >= 0.6 is 0 Å². The van der Waals surface area contributed by atoms with E-state index in [1.54, 1.807) is 0 Å². The Morgan fingerprint density at radius 1 is 1.14 bits per heavy atom. The van der Waals surface area contributed by atoms with Crippen LogP contribution in [-0.4, -0.2) is 55.1 Å². The van der Waals surface area contributed by atoms with Gasteiger partial charge in [-0.2, -0.15) is 0 Å². The van der Waals surface area contributed by atoms with Crippen LogP contribution in [0.3, 0.4) is 0 Å². The number of aliphatic hydroxyl groups is 1. The van der Waals surface area contributed by atoms with Crippen molar-refractivity contribution in [2.24, 2.45) is 0 Å². The first kappa shape index (κ1) is 16.2. The van der Waals surface area contributed by atoms with Crippen LogP contribution in [0.25, 0.3) is 0 Å². The van der Waals surface area contributed by atoms with Gasteiger partial charge < -0.3 is 25.2 Å². The molecule has 2 fully saturated rings. The molecule has 7 heteroatoms. The Bertz CT molecular complexity index is 368. The summed E-state index contributed by atoms with van der Waals surface area (Å²) in [7, 11) is 0. The standard InChI is InChI=1S/C14H24N2O5/c17-8-4-7-15-12(18)13(19)16-9-11-10-20-14(21-11)5-2-1-3-6-14/h11,17H,1-10H2,(H,15,18)(H,16,19)/t11-/m1/s1. The van der Waals surface area contributed by atoms with Crippen LogP contribution in [0.15, 0.2) is 0 Å². The van der Waals surface area contributed by atoms with Gasteiger partial charge in [-0.05, 0) is 19.3 Å². The molecule has 1 spiro atoms. The number of carbonyl (C=O) groups excluding carboxylic acids is 2. The number of carbonyl (C=O) groups is 2. The summed E-state index contributed by atoms with van der Waals surface area (Å²) >= 11 is 0. The Balaban J connectivity index is 1.66. The van der Waals surface area contributed by atoms with Gasteiger partial charge in [0, 0.05) is 32.5 Å². The second-order valence-corrected chi connectivity index (χ2v) is 5.57. The molecule has 7 nitrogen and oxygen atoms in total. The van der Waals surface area contributed by atoms with E-state index < -0.39 is 17.6 Å². The van der Waals surface area contributed by atoms with Crippen molar-refractivity contribution < 1.29 is 24.2 Å². The highest BCUT2D eigenvalue weighted by Gasteiger charge is 2.42. The quantitative estimate of drug-likeness (QED) is 0.477. The second-order valence-electron chi connectivity index (χ2n) is 5.57. The molecule has 1 aliphatic carbocycles. The largest absolute Gasteiger partial charge is 0.396 e. The molecule has 0 aromatic carbocycles. The number of aliphatic hydroxyl groups excluding tert-OH is 1. The van der Waals surface area contributed by atoms with Gasteiger partial charge in [0.25, 0.3) is 0 Å². The Morgan fingerprint density at radius 3 is 2.57 bits per heavy atom. The molecule has 0 radical (unpaired) electrons. The highest BCUT2D eigenvalue weighted by Crippen LogP contribution is 2.37. The summed E-state index contributed by atoms with van der Waals surface area (Å²) in [6.45, 7) is 0.993. The number of rotatable bonds is 5. The van der Waals surface area contributed by atoms with Crippen molar-refractivity contribution in [3.63, 3.8) is 0 Å². The monoisotopic (exact) mass is 300 g/mol. The van der Waals surface area contributed by atoms with Gasteiger partial charge in [-0.1, -0.05) is 6.42 Å². The highest BCUT2D eigenvalue weighted by molar-refractivity contribution is 6.35. The fraction of sp³-hybridized carbons (Fsp3) is 0.857. The molecule has 21 heavy (non-hydrogen) atoms. The van der Waals surface area contributed by atoms with Crippen LogP contribution in [-0.2, 0) is 19.1 Å². The number of hydrogen-bond donors (Lipinski definition) is 3. The SMILES string of the molecule is O=C(NCCCO)C(=O)NC[C@@H]1COC2(CCCCC2)O1. The van der Waals surface area contributed by atoms with Gasteiger partial charge in [0.05, 0.1) is 6.61 Å². The minimum absolute atomic E-state index is 0.0166. The Hall–Kier alpha value is -1.18. The third kappa shape index (κ3) is 4.66. The van der Waals surface area contributed by atoms with Gasteiger partial charge in [-0.3, -0.25) is 9.59 Å². The lowest BCUT2D eigenvalue weighted by molar-refractivity contribution is -0.186. The van der Waals surface area contributed by atoms with Crippen molar-refractivity contribution in [2.45, 2.75) is 50.4 Å². The van der Waals surface area contributed by atoms with E-state index >= 15 is 0 Å². The van der Waals surface area contributed by atoms with Crippen LogP contribution < -0.4 is 10.6 Å². The van der Waals surface area contributed by atoms with Crippen LogP contribution in [0.5, 0.6) is 0 Å². The minimum atomic E-state index is -0.685. The van der Waals surface area contributed by atoms with Crippen LogP contribution in [0, 0.1) is 0 Å². The zero-order chi connectivity index (χ0) is 15.1. The van der Waals surface area contributed by atoms with E-state index in [9.17, 15) is 9.59 Å². The average molecular weight is 300 g/mol. The molecule has 0 aromatic rings. The first-order valence-electron chi connectivity index (χ1n) is 7.64. The molecule has 1 aliphatic heterocycles. The van der Waals surface area contributed by atoms with Crippen LogP contribution in [0.2, 0.25) is 0 Å². The van der Waals surface area contributed by atoms with Crippen molar-refractivity contribution in [1.82, 2.24) is 10.6 Å². The van der Waals surface area contributed by atoms with E-state index in [0.29, 0.717) is 13.0 Å². The number of amides is 2. The maximum atomic E-state index is 11.6. The third-order valence-corrected chi connectivity index (χ3v) is 3.85. The molecule has 0 unspecified atom stereocenters. The number of nitrogens with one attached hydrogen (secondary N) is 2. The van der Waals surface area contributed by atoms with Gasteiger partial charge in [0.15, 0.2) is 5.79 Å². The molecule has 2 amide bonds. The summed E-state index contributed by atoms with van der Waals surface area (Å²) in [6, 6.07) is 0. The van der Waals surface area contributed by atoms with E-state index in [0.717, 1.165) is 25.7 Å². The fourth-order valence-corrected chi connectivity index (χ4v) is 2.72. The summed E-state index contributed by atoms with van der Waals surface area (Å²) in [6.07, 6.45) is 5.46. The molecule has 1 saturated heterocycles. The molecule has 2 rings (SSSR count). The molecule has 1 saturated carbocycles. The van der Waals surface area contributed by atoms with E-state index in [1.165, 1.54) is 6.42 Å². The summed E-state index contributed by atoms with van der Waals surface area (Å²) < 4.78 is 11.7. The number of hydrogen-bond acceptors (Lipinski definition) is 5. The smallest absolute Gasteiger partial charge is 0.309 e. The second kappa shape index (κ2) is 7.72. The molecule has 0 bridgehead atoms. The highest BCUT2D eigenvalue weighted by atomic mass is 16.7. The van der Waals surface area contributed by atoms with Crippen molar-refractivity contribution in [1.29, 1.82) is 0 Å². The fourth-order valence-electron chi connectivity index (χ4n) is 2.72. The molecule has 120 valence electrons. The number of ether oxygens (including phenoxy) is 2. The summed E-state index contributed by atoms with van der Waals surface area (Å²) in [5, 5.41) is 13.6. The molecule has 3 N–H and O–H groups in total. The first-order valence-corrected chi connectivity index (χ1v) is 7.64. The van der Waals surface area contributed by atoms with Crippen molar-refractivity contribution in [3.05, 3.63) is 0 Å².